The van der Waals surface area contributed by atoms with E-state index in [4.69, 9.17) is 16.3 Å². The Morgan fingerprint density at radius 2 is 1.89 bits per heavy atom. The van der Waals surface area contributed by atoms with E-state index in [1.54, 1.807) is 31.4 Å². The van der Waals surface area contributed by atoms with Crippen LogP contribution >= 0.6 is 11.6 Å². The van der Waals surface area contributed by atoms with Crippen LogP contribution < -0.4 is 10.4 Å². The van der Waals surface area contributed by atoms with Crippen LogP contribution in [0.15, 0.2) is 29.1 Å². The number of carbonyl (C=O) groups excluding carboxylic acids is 1. The first-order chi connectivity index (χ1) is 8.60. The molecule has 94 valence electrons. The van der Waals surface area contributed by atoms with Gasteiger partial charge in [0.25, 0.3) is 0 Å². The fourth-order valence-electron chi connectivity index (χ4n) is 1.67. The van der Waals surface area contributed by atoms with Crippen molar-refractivity contribution in [3.8, 4) is 11.4 Å². The highest BCUT2D eigenvalue weighted by Gasteiger charge is 2.16. The van der Waals surface area contributed by atoms with Crippen molar-refractivity contribution < 1.29 is 9.53 Å². The average molecular weight is 267 g/mol. The van der Waals surface area contributed by atoms with Crippen molar-refractivity contribution in [2.75, 3.05) is 7.11 Å². The highest BCUT2D eigenvalue weighted by atomic mass is 35.5. The fourth-order valence-corrected chi connectivity index (χ4v) is 2.01. The minimum Gasteiger partial charge on any atom is -0.497 e. The molecular weight excluding hydrogens is 256 g/mol. The number of nitrogens with zero attached hydrogens (tertiary/aromatic N) is 2. The zero-order chi connectivity index (χ0) is 13.3. The summed E-state index contributed by atoms with van der Waals surface area (Å²) in [5, 5.41) is 0.0997. The molecular formula is C12H11ClN2O3. The lowest BCUT2D eigenvalue weighted by Crippen LogP contribution is -2.21. The summed E-state index contributed by atoms with van der Waals surface area (Å²) in [7, 11) is 3.05. The van der Waals surface area contributed by atoms with Crippen LogP contribution in [0.2, 0.25) is 5.15 Å². The summed E-state index contributed by atoms with van der Waals surface area (Å²) >= 11 is 6.02. The second kappa shape index (κ2) is 4.70. The third-order valence-corrected chi connectivity index (χ3v) is 3.05. The number of carbonyl (C=O) groups is 1. The van der Waals surface area contributed by atoms with Crippen LogP contribution in [0.5, 0.6) is 5.75 Å². The smallest absolute Gasteiger partial charge is 0.334 e. The van der Waals surface area contributed by atoms with Gasteiger partial charge in [0.2, 0.25) is 0 Å². The Balaban J connectivity index is 2.63. The molecule has 1 heterocycles. The lowest BCUT2D eigenvalue weighted by molar-refractivity contribution is 0.111. The Hall–Kier alpha value is -2.01. The van der Waals surface area contributed by atoms with Gasteiger partial charge in [-0.15, -0.1) is 0 Å². The maximum Gasteiger partial charge on any atom is 0.334 e. The Morgan fingerprint density at radius 3 is 2.33 bits per heavy atom. The van der Waals surface area contributed by atoms with Gasteiger partial charge in [0.05, 0.1) is 12.8 Å². The Kier molecular flexibility index (Phi) is 3.25. The third-order valence-electron chi connectivity index (χ3n) is 2.69. The summed E-state index contributed by atoms with van der Waals surface area (Å²) in [5.74, 6) is 0.675. The van der Waals surface area contributed by atoms with E-state index < -0.39 is 0 Å². The van der Waals surface area contributed by atoms with Gasteiger partial charge in [0.15, 0.2) is 6.29 Å². The van der Waals surface area contributed by atoms with Gasteiger partial charge in [-0.1, -0.05) is 11.6 Å². The third kappa shape index (κ3) is 1.82. The summed E-state index contributed by atoms with van der Waals surface area (Å²) in [6, 6.07) is 6.82. The molecule has 0 atom stereocenters. The molecule has 0 unspecified atom stereocenters. The molecule has 0 aliphatic rings. The van der Waals surface area contributed by atoms with Crippen molar-refractivity contribution >= 4 is 17.9 Å². The van der Waals surface area contributed by atoms with Crippen molar-refractivity contribution in [1.29, 1.82) is 0 Å². The first-order valence-electron chi connectivity index (χ1n) is 5.17. The second-order valence-electron chi connectivity index (χ2n) is 3.67. The van der Waals surface area contributed by atoms with E-state index in [-0.39, 0.29) is 16.5 Å². The number of halogens is 1. The summed E-state index contributed by atoms with van der Waals surface area (Å²) in [6.45, 7) is 0. The van der Waals surface area contributed by atoms with Gasteiger partial charge in [0.1, 0.15) is 16.6 Å². The minimum absolute atomic E-state index is 0.0997. The van der Waals surface area contributed by atoms with Crippen molar-refractivity contribution in [2.45, 2.75) is 0 Å². The van der Waals surface area contributed by atoms with Crippen LogP contribution in [0.4, 0.5) is 0 Å². The van der Waals surface area contributed by atoms with E-state index in [9.17, 15) is 9.59 Å². The van der Waals surface area contributed by atoms with Gasteiger partial charge in [-0.2, -0.15) is 0 Å². The van der Waals surface area contributed by atoms with E-state index in [0.29, 0.717) is 17.7 Å². The number of imidazole rings is 1. The molecule has 0 aliphatic heterocycles. The summed E-state index contributed by atoms with van der Waals surface area (Å²) < 4.78 is 7.51. The molecule has 2 rings (SSSR count). The molecule has 6 heteroatoms. The summed E-state index contributed by atoms with van der Waals surface area (Å²) in [6.07, 6.45) is 0.559. The number of aldehydes is 1. The first kappa shape index (κ1) is 12.4. The van der Waals surface area contributed by atoms with E-state index >= 15 is 0 Å². The molecule has 1 aromatic carbocycles. The number of ether oxygens (including phenoxy) is 1. The number of hydrogen-bond donors (Lipinski definition) is 0. The van der Waals surface area contributed by atoms with Crippen LogP contribution in [-0.4, -0.2) is 22.5 Å². The molecule has 0 fully saturated rings. The molecule has 0 spiro atoms. The number of benzene rings is 1. The SMILES string of the molecule is COc1ccc(-n2c(Cl)c(C=O)n(C)c2=O)cc1. The zero-order valence-corrected chi connectivity index (χ0v) is 10.6. The highest BCUT2D eigenvalue weighted by Crippen LogP contribution is 2.19. The van der Waals surface area contributed by atoms with Crippen molar-refractivity contribution in [3.63, 3.8) is 0 Å². The van der Waals surface area contributed by atoms with Gasteiger partial charge in [-0.05, 0) is 24.3 Å². The summed E-state index contributed by atoms with van der Waals surface area (Å²) in [4.78, 5) is 22.8. The Bertz CT molecular complexity index is 641. The average Bonchev–Trinajstić information content (AvgIpc) is 2.60. The van der Waals surface area contributed by atoms with Gasteiger partial charge in [0, 0.05) is 7.05 Å². The molecule has 0 N–H and O–H groups in total. The number of aromatic nitrogens is 2. The largest absolute Gasteiger partial charge is 0.497 e. The topological polar surface area (TPSA) is 53.2 Å². The lowest BCUT2D eigenvalue weighted by Gasteiger charge is -2.04. The molecule has 0 saturated heterocycles. The molecule has 0 aliphatic carbocycles. The quantitative estimate of drug-likeness (QED) is 0.794. The monoisotopic (exact) mass is 266 g/mol. The second-order valence-corrected chi connectivity index (χ2v) is 4.03. The van der Waals surface area contributed by atoms with Gasteiger partial charge >= 0.3 is 5.69 Å². The molecule has 0 amide bonds. The lowest BCUT2D eigenvalue weighted by atomic mass is 10.3. The number of rotatable bonds is 3. The minimum atomic E-state index is -0.368. The van der Waals surface area contributed by atoms with E-state index in [1.807, 2.05) is 0 Å². The van der Waals surface area contributed by atoms with Crippen molar-refractivity contribution in [3.05, 3.63) is 45.6 Å². The van der Waals surface area contributed by atoms with Crippen LogP contribution in [0.3, 0.4) is 0 Å². The molecule has 1 aromatic heterocycles. The standard InChI is InChI=1S/C12H11ClN2O3/c1-14-10(7-16)11(13)15(12(14)17)8-3-5-9(18-2)6-4-8/h3-7H,1-2H3. The highest BCUT2D eigenvalue weighted by molar-refractivity contribution is 6.32. The molecule has 0 saturated carbocycles. The molecule has 0 radical (unpaired) electrons. The van der Waals surface area contributed by atoms with Crippen molar-refractivity contribution in [1.82, 2.24) is 9.13 Å². The maximum absolute atomic E-state index is 12.0. The molecule has 18 heavy (non-hydrogen) atoms. The zero-order valence-electron chi connectivity index (χ0n) is 9.88. The van der Waals surface area contributed by atoms with Gasteiger partial charge in [-0.25, -0.2) is 4.79 Å². The van der Waals surface area contributed by atoms with E-state index in [0.717, 1.165) is 0 Å². The van der Waals surface area contributed by atoms with Crippen LogP contribution in [0.1, 0.15) is 10.5 Å². The number of hydrogen-bond acceptors (Lipinski definition) is 3. The van der Waals surface area contributed by atoms with E-state index in [1.165, 1.54) is 16.2 Å². The predicted octanol–water partition coefficient (Wildman–Crippen LogP) is 1.65. The Morgan fingerprint density at radius 1 is 1.28 bits per heavy atom. The Labute approximate surface area is 108 Å². The fraction of sp³-hybridized carbons (Fsp3) is 0.167. The van der Waals surface area contributed by atoms with Crippen LogP contribution in [-0.2, 0) is 7.05 Å². The molecule has 2 aromatic rings. The van der Waals surface area contributed by atoms with Crippen molar-refractivity contribution in [2.24, 2.45) is 7.05 Å². The molecule has 0 bridgehead atoms. The van der Waals surface area contributed by atoms with Crippen LogP contribution in [0.25, 0.3) is 5.69 Å². The first-order valence-corrected chi connectivity index (χ1v) is 5.54. The predicted molar refractivity (Wildman–Crippen MR) is 68.0 cm³/mol. The normalized spacial score (nSPS) is 10.4. The maximum atomic E-state index is 12.0. The molecule has 5 nitrogen and oxygen atoms in total. The van der Waals surface area contributed by atoms with Gasteiger partial charge in [-0.3, -0.25) is 13.9 Å². The van der Waals surface area contributed by atoms with Gasteiger partial charge < -0.3 is 4.74 Å². The van der Waals surface area contributed by atoms with E-state index in [2.05, 4.69) is 0 Å². The number of methoxy groups -OCH3 is 1. The summed E-state index contributed by atoms with van der Waals surface area (Å²) in [5.41, 5.74) is 0.360. The van der Waals surface area contributed by atoms with Crippen LogP contribution in [0, 0.1) is 0 Å².